The number of benzene rings is 1. The van der Waals surface area contributed by atoms with Crippen molar-refractivity contribution in [2.45, 2.75) is 52.3 Å². The summed E-state index contributed by atoms with van der Waals surface area (Å²) in [6, 6.07) is 3.98. The fourth-order valence-electron chi connectivity index (χ4n) is 3.67. The lowest BCUT2D eigenvalue weighted by Crippen LogP contribution is -2.48. The predicted molar refractivity (Wildman–Crippen MR) is 106 cm³/mol. The molecule has 0 fully saturated rings. The van der Waals surface area contributed by atoms with Crippen molar-refractivity contribution in [3.8, 4) is 0 Å². The normalized spacial score (nSPS) is 20.9. The van der Waals surface area contributed by atoms with Crippen molar-refractivity contribution in [2.24, 2.45) is 5.10 Å². The predicted octanol–water partition coefficient (Wildman–Crippen LogP) is 2.61. The van der Waals surface area contributed by atoms with E-state index in [1.165, 1.54) is 18.9 Å². The van der Waals surface area contributed by atoms with Crippen LogP contribution < -0.4 is 10.2 Å². The van der Waals surface area contributed by atoms with E-state index < -0.39 is 4.87 Å². The van der Waals surface area contributed by atoms with Crippen molar-refractivity contribution in [1.82, 2.24) is 10.3 Å². The summed E-state index contributed by atoms with van der Waals surface area (Å²) < 4.78 is 0. The number of carbonyl (C=O) groups is 3. The Morgan fingerprint density at radius 1 is 1.26 bits per heavy atom. The molecule has 0 aromatic heterocycles. The van der Waals surface area contributed by atoms with Gasteiger partial charge in [0.25, 0.3) is 5.91 Å². The molecule has 0 saturated carbocycles. The van der Waals surface area contributed by atoms with Crippen LogP contribution in [0.5, 0.6) is 0 Å². The quantitative estimate of drug-likeness (QED) is 0.863. The van der Waals surface area contributed by atoms with E-state index in [1.807, 2.05) is 26.0 Å². The second-order valence-corrected chi connectivity index (χ2v) is 8.13. The summed E-state index contributed by atoms with van der Waals surface area (Å²) in [4.78, 5) is 38.0. The van der Waals surface area contributed by atoms with Crippen molar-refractivity contribution in [1.29, 1.82) is 0 Å². The lowest BCUT2D eigenvalue weighted by molar-refractivity contribution is -0.139. The van der Waals surface area contributed by atoms with Gasteiger partial charge in [-0.1, -0.05) is 31.0 Å². The van der Waals surface area contributed by atoms with Crippen molar-refractivity contribution in [3.63, 3.8) is 0 Å². The van der Waals surface area contributed by atoms with Crippen LogP contribution in [0.2, 0.25) is 0 Å². The number of amides is 3. The molecule has 27 heavy (non-hydrogen) atoms. The average molecular weight is 388 g/mol. The molecule has 3 amide bonds. The molecule has 0 aliphatic carbocycles. The van der Waals surface area contributed by atoms with Crippen LogP contribution in [0.15, 0.2) is 17.2 Å². The van der Waals surface area contributed by atoms with Crippen LogP contribution in [0.25, 0.3) is 0 Å². The van der Waals surface area contributed by atoms with Gasteiger partial charge in [-0.3, -0.25) is 14.4 Å². The van der Waals surface area contributed by atoms with Gasteiger partial charge in [0, 0.05) is 26.0 Å². The maximum atomic E-state index is 13.6. The van der Waals surface area contributed by atoms with E-state index >= 15 is 0 Å². The van der Waals surface area contributed by atoms with Gasteiger partial charge >= 0.3 is 0 Å². The van der Waals surface area contributed by atoms with Crippen molar-refractivity contribution < 1.29 is 14.4 Å². The van der Waals surface area contributed by atoms with E-state index in [4.69, 9.17) is 0 Å². The number of unbranched alkanes of at least 4 members (excludes halogenated alkanes) is 1. The standard InChI is InChI=1S/C19H24N4O3S/c1-6-7-8-22-16-12(3)9-11(2)10-15(16)19(17(22)26)23(14(5)25)21-18(27-19)20-13(4)24/h9-10H,6-8H2,1-5H3,(H,20,21,24)/t19-/m1/s1. The molecule has 1 aromatic carbocycles. The molecule has 1 spiro atoms. The number of aryl methyl sites for hydroxylation is 2. The van der Waals surface area contributed by atoms with Gasteiger partial charge in [0.05, 0.1) is 5.69 Å². The molecular formula is C19H24N4O3S. The van der Waals surface area contributed by atoms with Gasteiger partial charge in [0.2, 0.25) is 16.7 Å². The molecule has 1 aromatic rings. The fraction of sp³-hybridized carbons (Fsp3) is 0.474. The van der Waals surface area contributed by atoms with Crippen molar-refractivity contribution >= 4 is 40.3 Å². The Bertz CT molecular complexity index is 867. The third-order valence-corrected chi connectivity index (χ3v) is 5.90. The van der Waals surface area contributed by atoms with Crippen molar-refractivity contribution in [3.05, 3.63) is 28.8 Å². The molecule has 2 aliphatic rings. The van der Waals surface area contributed by atoms with Crippen LogP contribution in [-0.4, -0.2) is 34.4 Å². The summed E-state index contributed by atoms with van der Waals surface area (Å²) in [5.41, 5.74) is 3.60. The van der Waals surface area contributed by atoms with Gasteiger partial charge in [0.15, 0.2) is 5.17 Å². The Kier molecular flexibility index (Phi) is 5.03. The summed E-state index contributed by atoms with van der Waals surface area (Å²) in [6.07, 6.45) is 1.81. The van der Waals surface area contributed by atoms with Crippen LogP contribution in [0.3, 0.4) is 0 Å². The second-order valence-electron chi connectivity index (χ2n) is 6.95. The average Bonchev–Trinajstić information content (AvgIpc) is 3.05. The highest BCUT2D eigenvalue weighted by Crippen LogP contribution is 2.55. The Hall–Kier alpha value is -2.35. The van der Waals surface area contributed by atoms with Crippen LogP contribution in [-0.2, 0) is 19.3 Å². The zero-order valence-corrected chi connectivity index (χ0v) is 17.1. The molecule has 1 atom stereocenters. The maximum absolute atomic E-state index is 13.6. The van der Waals surface area contributed by atoms with E-state index in [0.717, 1.165) is 47.0 Å². The summed E-state index contributed by atoms with van der Waals surface area (Å²) in [5, 5.41) is 8.37. The number of nitrogens with zero attached hydrogens (tertiary/aromatic N) is 3. The number of thioether (sulfide) groups is 1. The number of carbonyl (C=O) groups excluding carboxylic acids is 3. The third kappa shape index (κ3) is 3.01. The topological polar surface area (TPSA) is 82.1 Å². The lowest BCUT2D eigenvalue weighted by Gasteiger charge is -2.29. The number of hydrogen-bond acceptors (Lipinski definition) is 5. The first-order valence-electron chi connectivity index (χ1n) is 9.02. The van der Waals surface area contributed by atoms with E-state index in [1.54, 1.807) is 4.90 Å². The number of hydrazone groups is 1. The molecular weight excluding hydrogens is 364 g/mol. The zero-order valence-electron chi connectivity index (χ0n) is 16.3. The number of fused-ring (bicyclic) bond motifs is 2. The first-order chi connectivity index (χ1) is 12.7. The first kappa shape index (κ1) is 19.4. The molecule has 2 aliphatic heterocycles. The van der Waals surface area contributed by atoms with Gasteiger partial charge in [0.1, 0.15) is 0 Å². The lowest BCUT2D eigenvalue weighted by atomic mass is 10.0. The number of anilines is 1. The highest BCUT2D eigenvalue weighted by atomic mass is 32.2. The summed E-state index contributed by atoms with van der Waals surface area (Å²) >= 11 is 1.12. The molecule has 0 radical (unpaired) electrons. The smallest absolute Gasteiger partial charge is 0.270 e. The SMILES string of the molecule is CCCCN1C(=O)[C@]2(SC(NC(C)=O)=NN2C(C)=O)c2cc(C)cc(C)c21. The van der Waals surface area contributed by atoms with Crippen LogP contribution >= 0.6 is 11.8 Å². The Morgan fingerprint density at radius 2 is 1.96 bits per heavy atom. The minimum atomic E-state index is -1.30. The molecule has 144 valence electrons. The van der Waals surface area contributed by atoms with Crippen LogP contribution in [0.1, 0.15) is 50.3 Å². The number of nitrogens with one attached hydrogen (secondary N) is 1. The van der Waals surface area contributed by atoms with Crippen LogP contribution in [0.4, 0.5) is 5.69 Å². The number of amidine groups is 1. The van der Waals surface area contributed by atoms with Gasteiger partial charge in [-0.2, -0.15) is 5.01 Å². The molecule has 7 nitrogen and oxygen atoms in total. The van der Waals surface area contributed by atoms with Gasteiger partial charge in [-0.25, -0.2) is 0 Å². The fourth-order valence-corrected chi connectivity index (χ4v) is 4.98. The van der Waals surface area contributed by atoms with Gasteiger partial charge in [-0.15, -0.1) is 5.10 Å². The number of hydrogen-bond donors (Lipinski definition) is 1. The molecule has 0 saturated heterocycles. The molecule has 0 bridgehead atoms. The van der Waals surface area contributed by atoms with E-state index in [-0.39, 0.29) is 22.9 Å². The van der Waals surface area contributed by atoms with Gasteiger partial charge < -0.3 is 10.2 Å². The Balaban J connectivity index is 2.19. The Labute approximate surface area is 163 Å². The first-order valence-corrected chi connectivity index (χ1v) is 9.83. The monoisotopic (exact) mass is 388 g/mol. The van der Waals surface area contributed by atoms with Crippen molar-refractivity contribution in [2.75, 3.05) is 11.4 Å². The molecule has 0 unspecified atom stereocenters. The highest BCUT2D eigenvalue weighted by Gasteiger charge is 2.61. The Morgan fingerprint density at radius 3 is 2.56 bits per heavy atom. The number of rotatable bonds is 3. The third-order valence-electron chi connectivity index (χ3n) is 4.66. The molecule has 3 rings (SSSR count). The molecule has 1 N–H and O–H groups in total. The summed E-state index contributed by atoms with van der Waals surface area (Å²) in [6.45, 7) is 9.35. The maximum Gasteiger partial charge on any atom is 0.270 e. The van der Waals surface area contributed by atoms with E-state index in [0.29, 0.717) is 6.54 Å². The van der Waals surface area contributed by atoms with E-state index in [9.17, 15) is 14.4 Å². The highest BCUT2D eigenvalue weighted by molar-refractivity contribution is 8.15. The molecule has 8 heteroatoms. The zero-order chi connectivity index (χ0) is 19.9. The summed E-state index contributed by atoms with van der Waals surface area (Å²) in [7, 11) is 0. The minimum absolute atomic E-state index is 0.191. The molecule has 2 heterocycles. The van der Waals surface area contributed by atoms with Crippen LogP contribution in [0, 0.1) is 13.8 Å². The van der Waals surface area contributed by atoms with E-state index in [2.05, 4.69) is 17.3 Å². The second kappa shape index (κ2) is 6.99. The minimum Gasteiger partial charge on any atom is -0.309 e. The largest absolute Gasteiger partial charge is 0.309 e. The summed E-state index contributed by atoms with van der Waals surface area (Å²) in [5.74, 6) is -0.835. The van der Waals surface area contributed by atoms with Gasteiger partial charge in [-0.05, 0) is 37.6 Å².